The van der Waals surface area contributed by atoms with Gasteiger partial charge >= 0.3 is 7.94 Å². The van der Waals surface area contributed by atoms with Crippen LogP contribution in [0.4, 0.5) is 0 Å². The van der Waals surface area contributed by atoms with Gasteiger partial charge < -0.3 is 152 Å². The Morgan fingerprint density at radius 2 is 1.12 bits per heavy atom. The second-order valence-electron chi connectivity index (χ2n) is 38.7. The average molecular weight is 2100 g/mol. The number of hydrogen-bond donors (Lipinski definition) is 20. The molecule has 17 bridgehead atoms. The molecule has 7 aromatic carbocycles. The molecular weight excluding hydrogens is 1970 g/mol. The van der Waals surface area contributed by atoms with Gasteiger partial charge in [0, 0.05) is 93.4 Å². The number of benzene rings is 7. The number of halogens is 2. The molecule has 7 aromatic rings. The zero-order chi connectivity index (χ0) is 105. The zero-order valence-corrected chi connectivity index (χ0v) is 84.5. The van der Waals surface area contributed by atoms with Crippen LogP contribution in [0, 0.1) is 5.92 Å². The normalized spacial score (nSPS) is 26.1. The van der Waals surface area contributed by atoms with E-state index in [1.165, 1.54) is 67.7 Å². The molecule has 42 nitrogen and oxygen atoms in total. The van der Waals surface area contributed by atoms with Gasteiger partial charge in [0.05, 0.1) is 23.3 Å². The number of carboxylic acid groups (broad SMARTS) is 1. The van der Waals surface area contributed by atoms with Crippen molar-refractivity contribution in [2.45, 2.75) is 233 Å². The first-order chi connectivity index (χ1) is 70.4. The molecule has 0 spiro atoms. The van der Waals surface area contributed by atoms with Gasteiger partial charge in [-0.05, 0) is 198 Å². The predicted molar refractivity (Wildman–Crippen MR) is 531 cm³/mol. The number of unbranched alkanes of at least 4 members (excludes halogenated alkanes) is 5. The number of carbonyl (C=O) groups excluding carboxylic acids is 9. The first-order valence-corrected chi connectivity index (χ1v) is 51.9. The van der Waals surface area contributed by atoms with Crippen LogP contribution in [0.15, 0.2) is 115 Å². The van der Waals surface area contributed by atoms with Crippen molar-refractivity contribution in [3.63, 3.8) is 0 Å². The highest BCUT2D eigenvalue weighted by molar-refractivity contribution is 7.64. The number of likely N-dealkylation sites (N-methyl/N-ethyl adjacent to an activating group) is 1. The third-order valence-corrected chi connectivity index (χ3v) is 31.9. The summed E-state index contributed by atoms with van der Waals surface area (Å²) in [5.41, 5.74) is -2.01. The van der Waals surface area contributed by atoms with Gasteiger partial charge in [-0.25, -0.2) is 0 Å². The monoisotopic (exact) mass is 2100 g/mol. The van der Waals surface area contributed by atoms with E-state index in [9.17, 15) is 61.0 Å². The van der Waals surface area contributed by atoms with Gasteiger partial charge in [-0.15, -0.1) is 14.0 Å². The number of carbonyl (C=O) groups is 9. The lowest BCUT2D eigenvalue weighted by Crippen LogP contribution is -2.65. The number of nitrogens with zero attached hydrogens (tertiary/aromatic N) is 4. The highest BCUT2D eigenvalue weighted by atomic mass is 35.5. The molecule has 0 saturated carbocycles. The summed E-state index contributed by atoms with van der Waals surface area (Å²) in [6.45, 7) is 7.50. The van der Waals surface area contributed by atoms with E-state index in [1.54, 1.807) is 26.2 Å². The van der Waals surface area contributed by atoms with Crippen LogP contribution in [0.1, 0.15) is 192 Å². The molecule has 20 N–H and O–H groups in total. The van der Waals surface area contributed by atoms with Crippen LogP contribution < -0.4 is 81.2 Å². The lowest BCUT2D eigenvalue weighted by molar-refractivity contribution is -0.302. The number of aliphatic hydroxyl groups is 8. The molecule has 18 atom stereocenters. The van der Waals surface area contributed by atoms with Crippen molar-refractivity contribution in [2.24, 2.45) is 5.92 Å². The van der Waals surface area contributed by atoms with Crippen LogP contribution in [0.25, 0.3) is 11.1 Å². The maximum Gasteiger partial charge on any atom is 0.417 e. The number of aliphatic hydroxyl groups excluding tert-OH is 8. The molecule has 8 amide bonds. The highest BCUT2D eigenvalue weighted by Crippen LogP contribution is 2.71. The number of fused-ring (bicyclic) bond motifs is 14. The largest absolute Gasteiger partial charge is 0.550 e. The van der Waals surface area contributed by atoms with E-state index in [2.05, 4.69) is 75.7 Å². The van der Waals surface area contributed by atoms with Crippen molar-refractivity contribution in [1.82, 2.24) is 66.8 Å². The van der Waals surface area contributed by atoms with E-state index in [0.29, 0.717) is 76.6 Å². The van der Waals surface area contributed by atoms with Crippen LogP contribution in [-0.4, -0.2) is 288 Å². The number of hydrogen-bond acceptors (Lipinski definition) is 34. The topological polar surface area (TPSA) is 594 Å². The van der Waals surface area contributed by atoms with Gasteiger partial charge in [-0.1, -0.05) is 106 Å². The van der Waals surface area contributed by atoms with Gasteiger partial charge in [-0.3, -0.25) is 42.9 Å². The SMILES string of the molecule is CC(=O)[O-].CN[C@@H]1C(=O)N[C@@H]2Cc3ccc(cc3)Oc3cc4cc(c3O[C@@H]3O[C@H](CO)[C@@H](O)[C@H](O)[C@H]3NC(=O)CCCCCCCCC(C)C)Oc3ccc(cc3Cl)[C@@H](O)[C@@H]3NC(=O)[C@H](NC(=O)[C@@H]4NC(=O)[C@@H](NC2=O)c2cc(cc(O[P+](N4CCCC4)(N4CCCC4)N4CCCC4)c2Cl)Oc2cc1ccc2O)c1ccc(O)c(c1)-c1c(O[C@H]2O[C@H](CO)[C@@H](O)[C@H](O)[C@@H]2O)cc(O)cc1[C@@H](C(=O)NCCCN(C)C)NC3=O. The van der Waals surface area contributed by atoms with Crippen LogP contribution >= 0.6 is 31.1 Å². The zero-order valence-electron chi connectivity index (χ0n) is 82.1. The summed E-state index contributed by atoms with van der Waals surface area (Å²) in [6, 6.07) is 8.33. The van der Waals surface area contributed by atoms with Gasteiger partial charge in [0.25, 0.3) is 0 Å². The van der Waals surface area contributed by atoms with Crippen LogP contribution in [0.2, 0.25) is 10.0 Å². The van der Waals surface area contributed by atoms with Crippen LogP contribution in [0.5, 0.6) is 69.0 Å². The Balaban J connectivity index is 0.00000398. The van der Waals surface area contributed by atoms with Crippen molar-refractivity contribution in [2.75, 3.05) is 86.7 Å². The molecule has 147 heavy (non-hydrogen) atoms. The third-order valence-electron chi connectivity index (χ3n) is 27.3. The summed E-state index contributed by atoms with van der Waals surface area (Å²) in [6.07, 6.45) is -8.83. The summed E-state index contributed by atoms with van der Waals surface area (Å²) in [7, 11) is 1.87. The maximum atomic E-state index is 17.4. The molecule has 0 aromatic heterocycles. The summed E-state index contributed by atoms with van der Waals surface area (Å²) in [5.74, 6) is -14.4. The predicted octanol–water partition coefficient (Wildman–Crippen LogP) is 5.47. The van der Waals surface area contributed by atoms with Gasteiger partial charge in [-0.2, -0.15) is 0 Å². The van der Waals surface area contributed by atoms with Gasteiger partial charge in [0.1, 0.15) is 132 Å². The average Bonchev–Trinajstić information content (AvgIpc) is 1.69. The minimum absolute atomic E-state index is 0.0592. The Labute approximate surface area is 858 Å². The van der Waals surface area contributed by atoms with E-state index < -0.39 is 252 Å². The Kier molecular flexibility index (Phi) is 36.4. The molecular formula is C102H128Cl2N13O29P. The quantitative estimate of drug-likeness (QED) is 0.0224. The number of nitrogens with one attached hydrogen (secondary N) is 9. The second kappa shape index (κ2) is 48.8. The number of aromatic hydroxyl groups is 3. The lowest BCUT2D eigenvalue weighted by atomic mass is 9.89. The fourth-order valence-electron chi connectivity index (χ4n) is 19.7. The number of amides is 8. The fourth-order valence-corrected chi connectivity index (χ4v) is 24.5. The number of phenols is 3. The van der Waals surface area contributed by atoms with E-state index in [0.717, 1.165) is 120 Å². The van der Waals surface area contributed by atoms with Gasteiger partial charge in [0.15, 0.2) is 23.0 Å². The minimum Gasteiger partial charge on any atom is -0.550 e. The first-order valence-electron chi connectivity index (χ1n) is 49.6. The molecule has 5 saturated heterocycles. The smallest absolute Gasteiger partial charge is 0.417 e. The van der Waals surface area contributed by atoms with E-state index in [-0.39, 0.29) is 75.4 Å². The second-order valence-corrected chi connectivity index (χ2v) is 42.4. The Bertz CT molecular complexity index is 5870. The molecule has 0 unspecified atom stereocenters. The molecule has 11 heterocycles. The van der Waals surface area contributed by atoms with E-state index in [4.69, 9.17) is 70.8 Å². The fraction of sp³-hybridized carbons (Fsp3) is 0.500. The molecule has 11 aliphatic rings. The number of aliphatic carboxylic acids is 1. The van der Waals surface area contributed by atoms with Crippen LogP contribution in [-0.2, 0) is 59.0 Å². The number of rotatable bonds is 27. The molecule has 0 aliphatic carbocycles. The van der Waals surface area contributed by atoms with E-state index >= 15 is 33.6 Å². The molecule has 18 rings (SSSR count). The molecule has 5 fully saturated rings. The standard InChI is InChI=1S/C100H124Cl2N13O27P.C2H4O2/c1-51(2)19-10-8-6-7-9-11-20-75(121)106-84-88(125)86(123)73(49-116)139-99(84)141-91-71-43-56-44-72(91)137-67-30-25-55(41-63(67)101)85(122)83-98(134)110-81(93(129)104-31-18-32-112(4)5)61-45-57(118)46-69(138-100-90(127)89(126)87(124)74(50-117)140-100)76(61)60-40-53(23-28-65(60)119)79(95(131)111-83)107-96(132)80(56)108-97(133)82-62-47-59(48-70(77(62)102)142-143(113-33-12-13-34-113,114-35-14-15-36-114)115-37-16-17-38-115)136-68-42-54(24-29-66(68)120)78(103-3)94(130)105-64(92(128)109-82)39-52-21-26-58(135-71)27-22-52;1-2(3)4/h21-30,40-48,51,64,73-74,78-90,99-100,103,116-117,122-127H,6-20,31-39,49-50H2,1-5H3,(H10-,104,105,106,107,108,109,110,111,118,119,120,121,128,129,130,131,132,133,134);1H3,(H,3,4)/t64-,73-,74-,78+,79-,80-,81+,82+,83+,84-,85-,86-,87-,88-,89+,90+,99+,100+;/m1./s1. The Hall–Kier alpha value is -11.6. The summed E-state index contributed by atoms with van der Waals surface area (Å²) >= 11 is 15.5. The summed E-state index contributed by atoms with van der Waals surface area (Å²) < 4.78 is 61.1. The number of ether oxygens (including phenoxy) is 7. The van der Waals surface area contributed by atoms with Crippen molar-refractivity contribution in [3.05, 3.63) is 164 Å². The van der Waals surface area contributed by atoms with Crippen molar-refractivity contribution in [1.29, 1.82) is 0 Å². The molecule has 45 heteroatoms. The Morgan fingerprint density at radius 1 is 0.544 bits per heavy atom. The lowest BCUT2D eigenvalue weighted by Gasteiger charge is -2.42. The summed E-state index contributed by atoms with van der Waals surface area (Å²) in [5, 5.41) is 162. The molecule has 0 radical (unpaired) electrons. The van der Waals surface area contributed by atoms with Crippen molar-refractivity contribution >= 4 is 84.4 Å². The van der Waals surface area contributed by atoms with Crippen molar-refractivity contribution in [3.8, 4) is 80.1 Å². The van der Waals surface area contributed by atoms with Crippen molar-refractivity contribution < 1.29 is 142 Å². The van der Waals surface area contributed by atoms with Gasteiger partial charge in [0.2, 0.25) is 71.3 Å². The first kappa shape index (κ1) is 110. The van der Waals surface area contributed by atoms with E-state index in [1.807, 2.05) is 4.90 Å². The molecule has 11 aliphatic heterocycles. The highest BCUT2D eigenvalue weighted by Gasteiger charge is 2.63. The number of phenolic OH excluding ortho intramolecular Hbond substituents is 3. The summed E-state index contributed by atoms with van der Waals surface area (Å²) in [4.78, 5) is 140. The van der Waals surface area contributed by atoms with Crippen LogP contribution in [0.3, 0.4) is 0 Å². The third kappa shape index (κ3) is 25.3. The number of carboxylic acids is 1. The molecule has 794 valence electrons. The maximum absolute atomic E-state index is 17.4. The Morgan fingerprint density at radius 3 is 1.75 bits per heavy atom. The minimum atomic E-state index is -3.20.